The minimum atomic E-state index is -1.43. The fraction of sp³-hybridized carbons (Fsp3) is 1.00. The minimum Gasteiger partial charge on any atom is -0.396 e. The van der Waals surface area contributed by atoms with Crippen LogP contribution in [0.5, 0.6) is 0 Å². The predicted octanol–water partition coefficient (Wildman–Crippen LogP) is -0.633. The number of hydrogen-bond acceptors (Lipinski definition) is 4. The first-order valence-corrected chi connectivity index (χ1v) is 6.25. The Bertz CT molecular complexity index is 89.5. The lowest BCUT2D eigenvalue weighted by Gasteiger charge is -2.14. The molecule has 74 valence electrons. The minimum absolute atomic E-state index is 0.666. The number of nitrogens with one attached hydrogen (secondary N) is 1. The Hall–Kier alpha value is 0.0569. The Kier molecular flexibility index (Phi) is 9.19. The Morgan fingerprint density at radius 3 is 2.25 bits per heavy atom. The van der Waals surface area contributed by atoms with E-state index >= 15 is 0 Å². The highest BCUT2D eigenvalue weighted by molar-refractivity contribution is 6.44. The van der Waals surface area contributed by atoms with Gasteiger partial charge in [0.25, 0.3) is 0 Å². The van der Waals surface area contributed by atoms with Crippen LogP contribution in [0.1, 0.15) is 13.8 Å². The van der Waals surface area contributed by atoms with Gasteiger partial charge in [-0.1, -0.05) is 0 Å². The zero-order chi connectivity index (χ0) is 9.23. The molecule has 0 fully saturated rings. The van der Waals surface area contributed by atoms with Crippen molar-refractivity contribution in [2.75, 3.05) is 32.5 Å². The van der Waals surface area contributed by atoms with E-state index in [0.717, 1.165) is 25.9 Å². The molecule has 0 bridgehead atoms. The molecule has 0 saturated heterocycles. The van der Waals surface area contributed by atoms with Gasteiger partial charge >= 0.3 is 9.28 Å². The van der Waals surface area contributed by atoms with Gasteiger partial charge in [0, 0.05) is 32.5 Å². The molecule has 0 atom stereocenters. The molecule has 12 heavy (non-hydrogen) atoms. The van der Waals surface area contributed by atoms with E-state index in [1.165, 1.54) is 0 Å². The van der Waals surface area contributed by atoms with Crippen molar-refractivity contribution in [2.24, 2.45) is 5.73 Å². The van der Waals surface area contributed by atoms with E-state index in [4.69, 9.17) is 14.6 Å². The monoisotopic (exact) mass is 192 g/mol. The third kappa shape index (κ3) is 6.75. The molecule has 0 rings (SSSR count). The van der Waals surface area contributed by atoms with Gasteiger partial charge in [-0.25, -0.2) is 0 Å². The molecule has 0 aromatic heterocycles. The molecule has 0 aromatic rings. The zero-order valence-corrected chi connectivity index (χ0v) is 9.16. The average Bonchev–Trinajstić information content (AvgIpc) is 2.06. The maximum absolute atomic E-state index is 5.44. The summed E-state index contributed by atoms with van der Waals surface area (Å²) in [5, 5.41) is 3.19. The summed E-state index contributed by atoms with van der Waals surface area (Å²) in [5.74, 6) is 0. The molecule has 0 spiro atoms. The van der Waals surface area contributed by atoms with Gasteiger partial charge in [0.2, 0.25) is 0 Å². The number of nitrogens with two attached hydrogens (primary N) is 1. The fourth-order valence-corrected chi connectivity index (χ4v) is 2.38. The van der Waals surface area contributed by atoms with Crippen molar-refractivity contribution >= 4 is 9.28 Å². The van der Waals surface area contributed by atoms with E-state index in [1.807, 2.05) is 13.8 Å². The predicted molar refractivity (Wildman–Crippen MR) is 52.3 cm³/mol. The van der Waals surface area contributed by atoms with E-state index in [0.29, 0.717) is 6.54 Å². The molecule has 0 aliphatic rings. The molecule has 0 unspecified atom stereocenters. The maximum atomic E-state index is 5.44. The van der Waals surface area contributed by atoms with Crippen molar-refractivity contribution < 1.29 is 8.85 Å². The first-order valence-electron chi connectivity index (χ1n) is 4.49. The van der Waals surface area contributed by atoms with Gasteiger partial charge in [0.1, 0.15) is 0 Å². The molecule has 0 saturated carbocycles. The van der Waals surface area contributed by atoms with Gasteiger partial charge in [-0.15, -0.1) is 0 Å². The summed E-state index contributed by atoms with van der Waals surface area (Å²) in [7, 11) is -1.43. The first kappa shape index (κ1) is 12.1. The maximum Gasteiger partial charge on any atom is 0.335 e. The lowest BCUT2D eigenvalue weighted by molar-refractivity contribution is 0.212. The van der Waals surface area contributed by atoms with E-state index in [2.05, 4.69) is 5.32 Å². The van der Waals surface area contributed by atoms with E-state index in [1.54, 1.807) is 0 Å². The molecule has 5 heteroatoms. The standard InChI is InChI=1S/C7H20N2O2Si/c1-3-10-12(11-4-2)7-9-6-5-8/h9,12H,3-8H2,1-2H3. The third-order valence-electron chi connectivity index (χ3n) is 1.34. The van der Waals surface area contributed by atoms with Crippen LogP contribution in [0.2, 0.25) is 0 Å². The van der Waals surface area contributed by atoms with Gasteiger partial charge in [-0.05, 0) is 13.8 Å². The van der Waals surface area contributed by atoms with Crippen molar-refractivity contribution in [1.29, 1.82) is 0 Å². The highest BCUT2D eigenvalue weighted by Gasteiger charge is 2.10. The van der Waals surface area contributed by atoms with Crippen LogP contribution in [-0.4, -0.2) is 41.8 Å². The summed E-state index contributed by atoms with van der Waals surface area (Å²) < 4.78 is 10.9. The summed E-state index contributed by atoms with van der Waals surface area (Å²) in [6.07, 6.45) is 0.846. The van der Waals surface area contributed by atoms with Crippen molar-refractivity contribution in [3.63, 3.8) is 0 Å². The van der Waals surface area contributed by atoms with Crippen molar-refractivity contribution in [2.45, 2.75) is 13.8 Å². The lowest BCUT2D eigenvalue weighted by Crippen LogP contribution is -2.38. The second kappa shape index (κ2) is 9.15. The highest BCUT2D eigenvalue weighted by Crippen LogP contribution is 1.87. The normalized spacial score (nSPS) is 11.0. The Morgan fingerprint density at radius 2 is 1.83 bits per heavy atom. The molecule has 0 aliphatic heterocycles. The van der Waals surface area contributed by atoms with Crippen LogP contribution >= 0.6 is 0 Å². The average molecular weight is 192 g/mol. The summed E-state index contributed by atoms with van der Waals surface area (Å²) in [6, 6.07) is 0. The lowest BCUT2D eigenvalue weighted by atomic mass is 10.7. The summed E-state index contributed by atoms with van der Waals surface area (Å²) in [4.78, 5) is 0. The van der Waals surface area contributed by atoms with Gasteiger partial charge < -0.3 is 19.9 Å². The Labute approximate surface area is 76.3 Å². The Morgan fingerprint density at radius 1 is 1.25 bits per heavy atom. The van der Waals surface area contributed by atoms with Crippen molar-refractivity contribution in [3.05, 3.63) is 0 Å². The summed E-state index contributed by atoms with van der Waals surface area (Å²) >= 11 is 0. The van der Waals surface area contributed by atoms with Crippen LogP contribution in [0.25, 0.3) is 0 Å². The first-order chi connectivity index (χ1) is 5.85. The zero-order valence-electron chi connectivity index (χ0n) is 8.01. The quantitative estimate of drug-likeness (QED) is 0.397. The Balaban J connectivity index is 3.34. The molecule has 0 heterocycles. The molecule has 0 aliphatic carbocycles. The summed E-state index contributed by atoms with van der Waals surface area (Å²) in [5.41, 5.74) is 5.33. The molecular formula is C7H20N2O2Si. The number of rotatable bonds is 8. The summed E-state index contributed by atoms with van der Waals surface area (Å²) in [6.45, 7) is 6.95. The van der Waals surface area contributed by atoms with Crippen LogP contribution in [0.3, 0.4) is 0 Å². The van der Waals surface area contributed by atoms with Crippen LogP contribution in [0.15, 0.2) is 0 Å². The second-order valence-corrected chi connectivity index (χ2v) is 4.27. The topological polar surface area (TPSA) is 56.5 Å². The molecule has 0 amide bonds. The van der Waals surface area contributed by atoms with E-state index in [-0.39, 0.29) is 0 Å². The van der Waals surface area contributed by atoms with Gasteiger partial charge in [0.05, 0.1) is 0 Å². The fourth-order valence-electron chi connectivity index (χ4n) is 0.860. The molecule has 3 N–H and O–H groups in total. The molecule has 0 radical (unpaired) electrons. The van der Waals surface area contributed by atoms with Crippen molar-refractivity contribution in [3.8, 4) is 0 Å². The number of hydrogen-bond donors (Lipinski definition) is 2. The van der Waals surface area contributed by atoms with Crippen molar-refractivity contribution in [1.82, 2.24) is 5.32 Å². The van der Waals surface area contributed by atoms with Crippen LogP contribution in [0.4, 0.5) is 0 Å². The molecule has 0 aromatic carbocycles. The van der Waals surface area contributed by atoms with E-state index < -0.39 is 9.28 Å². The highest BCUT2D eigenvalue weighted by atomic mass is 28.3. The van der Waals surface area contributed by atoms with E-state index in [9.17, 15) is 0 Å². The third-order valence-corrected chi connectivity index (χ3v) is 3.37. The van der Waals surface area contributed by atoms with Gasteiger partial charge in [-0.3, -0.25) is 0 Å². The van der Waals surface area contributed by atoms with Gasteiger partial charge in [0.15, 0.2) is 0 Å². The van der Waals surface area contributed by atoms with Crippen LogP contribution in [0, 0.1) is 0 Å². The van der Waals surface area contributed by atoms with Crippen LogP contribution < -0.4 is 11.1 Å². The largest absolute Gasteiger partial charge is 0.396 e. The molecule has 4 nitrogen and oxygen atoms in total. The molecular weight excluding hydrogens is 172 g/mol. The van der Waals surface area contributed by atoms with Crippen LogP contribution in [-0.2, 0) is 8.85 Å². The SMILES string of the molecule is CCO[SiH](CNCCN)OCC. The smallest absolute Gasteiger partial charge is 0.335 e. The van der Waals surface area contributed by atoms with Gasteiger partial charge in [-0.2, -0.15) is 0 Å². The second-order valence-electron chi connectivity index (χ2n) is 2.33.